The van der Waals surface area contributed by atoms with Gasteiger partial charge in [0.05, 0.1) is 34.9 Å². The lowest BCUT2D eigenvalue weighted by Crippen LogP contribution is -2.36. The van der Waals surface area contributed by atoms with Gasteiger partial charge < -0.3 is 15.2 Å². The second-order valence-electron chi connectivity index (χ2n) is 12.6. The molecule has 0 radical (unpaired) electrons. The quantitative estimate of drug-likeness (QED) is 0.277. The molecule has 2 fully saturated rings. The van der Waals surface area contributed by atoms with Crippen LogP contribution >= 0.6 is 11.3 Å². The van der Waals surface area contributed by atoms with Crippen molar-refractivity contribution in [2.75, 3.05) is 31.6 Å². The van der Waals surface area contributed by atoms with E-state index in [0.717, 1.165) is 103 Å². The van der Waals surface area contributed by atoms with Gasteiger partial charge in [-0.3, -0.25) is 4.90 Å². The van der Waals surface area contributed by atoms with Gasteiger partial charge in [0.2, 0.25) is 5.82 Å². The monoisotopic (exact) mass is 602 g/mol. The maximum atomic E-state index is 9.98. The molecule has 4 aromatic rings. The van der Waals surface area contributed by atoms with Crippen molar-refractivity contribution < 1.29 is 9.84 Å². The molecule has 43 heavy (non-hydrogen) atoms. The van der Waals surface area contributed by atoms with Gasteiger partial charge >= 0.3 is 0 Å². The Labute approximate surface area is 257 Å². The molecule has 1 aliphatic heterocycles. The number of anilines is 1. The number of aliphatic hydroxyl groups is 1. The SMILES string of the molecule is Cc1cccc(C)c1-n1nnc(-c2cnc(CC(C)(C)c3cc(CN4CCOCC4)cc(NC4CCC(O)CC4)n3)s2)n1. The number of thiazole rings is 1. The van der Waals surface area contributed by atoms with Crippen LogP contribution in [0.5, 0.6) is 0 Å². The standard InChI is InChI=1S/C32H42N8O2S/c1-21-6-5-7-22(2)30(21)40-37-31(36-38-40)26-19-33-29(43-26)18-32(3,4)27-16-23(20-39-12-14-42-15-13-39)17-28(35-27)34-24-8-10-25(41)11-9-24/h5-7,16-17,19,24-25,41H,8-15,18,20H2,1-4H3,(H,34,35). The Morgan fingerprint density at radius 3 is 2.56 bits per heavy atom. The lowest BCUT2D eigenvalue weighted by Gasteiger charge is -2.30. The smallest absolute Gasteiger partial charge is 0.216 e. The van der Waals surface area contributed by atoms with E-state index < -0.39 is 0 Å². The molecule has 2 aliphatic rings. The molecule has 1 saturated carbocycles. The molecule has 6 rings (SSSR count). The van der Waals surface area contributed by atoms with E-state index in [1.807, 2.05) is 12.3 Å². The van der Waals surface area contributed by atoms with Crippen molar-refractivity contribution in [3.63, 3.8) is 0 Å². The van der Waals surface area contributed by atoms with Crippen molar-refractivity contribution in [1.29, 1.82) is 0 Å². The summed E-state index contributed by atoms with van der Waals surface area (Å²) in [5, 5.41) is 28.1. The van der Waals surface area contributed by atoms with Gasteiger partial charge in [-0.25, -0.2) is 9.97 Å². The third-order valence-electron chi connectivity index (χ3n) is 8.56. The summed E-state index contributed by atoms with van der Waals surface area (Å²) in [6.07, 6.45) is 6.01. The first-order valence-corrected chi connectivity index (χ1v) is 16.1. The molecule has 4 heterocycles. The van der Waals surface area contributed by atoms with E-state index in [-0.39, 0.29) is 11.5 Å². The van der Waals surface area contributed by atoms with Gasteiger partial charge in [0.25, 0.3) is 0 Å². The summed E-state index contributed by atoms with van der Waals surface area (Å²) in [6.45, 7) is 12.9. The largest absolute Gasteiger partial charge is 0.393 e. The van der Waals surface area contributed by atoms with Crippen molar-refractivity contribution in [3.05, 3.63) is 63.9 Å². The first-order chi connectivity index (χ1) is 20.7. The summed E-state index contributed by atoms with van der Waals surface area (Å²) < 4.78 is 5.58. The number of rotatable bonds is 9. The van der Waals surface area contributed by atoms with Crippen LogP contribution in [0.25, 0.3) is 16.4 Å². The molecule has 0 amide bonds. The van der Waals surface area contributed by atoms with E-state index in [4.69, 9.17) is 19.8 Å². The van der Waals surface area contributed by atoms with Gasteiger partial charge in [0.1, 0.15) is 5.82 Å². The van der Waals surface area contributed by atoms with Crippen LogP contribution in [-0.2, 0) is 23.1 Å². The van der Waals surface area contributed by atoms with Gasteiger partial charge in [-0.2, -0.15) is 0 Å². The molecule has 0 unspecified atom stereocenters. The summed E-state index contributed by atoms with van der Waals surface area (Å²) >= 11 is 1.61. The second kappa shape index (κ2) is 12.8. The topological polar surface area (TPSA) is 114 Å². The first kappa shape index (κ1) is 29.8. The Kier molecular flexibility index (Phi) is 8.85. The summed E-state index contributed by atoms with van der Waals surface area (Å²) in [4.78, 5) is 14.9. The molecule has 2 N–H and O–H groups in total. The number of aryl methyl sites for hydroxylation is 2. The van der Waals surface area contributed by atoms with E-state index in [0.29, 0.717) is 11.9 Å². The first-order valence-electron chi connectivity index (χ1n) is 15.3. The summed E-state index contributed by atoms with van der Waals surface area (Å²) in [5.74, 6) is 1.50. The molecule has 3 aromatic heterocycles. The highest BCUT2D eigenvalue weighted by Crippen LogP contribution is 2.33. The van der Waals surface area contributed by atoms with Gasteiger partial charge in [0.15, 0.2) is 0 Å². The number of aliphatic hydroxyl groups excluding tert-OH is 1. The Bertz CT molecular complexity index is 1520. The van der Waals surface area contributed by atoms with Crippen LogP contribution in [0.4, 0.5) is 5.82 Å². The second-order valence-corrected chi connectivity index (χ2v) is 13.7. The van der Waals surface area contributed by atoms with E-state index >= 15 is 0 Å². The fourth-order valence-electron chi connectivity index (χ4n) is 6.04. The molecular formula is C32H42N8O2S. The molecule has 0 atom stereocenters. The average Bonchev–Trinajstić information content (AvgIpc) is 3.65. The number of ether oxygens (including phenoxy) is 1. The molecule has 1 saturated heterocycles. The number of para-hydroxylation sites is 1. The molecule has 1 aromatic carbocycles. The normalized spacial score (nSPS) is 19.9. The van der Waals surface area contributed by atoms with Crippen molar-refractivity contribution >= 4 is 17.2 Å². The van der Waals surface area contributed by atoms with Crippen molar-refractivity contribution in [2.24, 2.45) is 0 Å². The third kappa shape index (κ3) is 7.12. The van der Waals surface area contributed by atoms with E-state index in [1.165, 1.54) is 5.56 Å². The number of pyridine rings is 1. The van der Waals surface area contributed by atoms with Gasteiger partial charge in [-0.05, 0) is 73.6 Å². The minimum absolute atomic E-state index is 0.178. The van der Waals surface area contributed by atoms with Gasteiger partial charge in [-0.1, -0.05) is 32.0 Å². The Hall–Kier alpha value is -3.25. The molecule has 228 valence electrons. The highest BCUT2D eigenvalue weighted by molar-refractivity contribution is 7.15. The Balaban J connectivity index is 1.22. The van der Waals surface area contributed by atoms with Crippen LogP contribution in [0.15, 0.2) is 36.5 Å². The maximum absolute atomic E-state index is 9.98. The van der Waals surface area contributed by atoms with E-state index in [2.05, 4.69) is 72.5 Å². The number of nitrogens with zero attached hydrogens (tertiary/aromatic N) is 7. The lowest BCUT2D eigenvalue weighted by molar-refractivity contribution is 0.0341. The van der Waals surface area contributed by atoms with Crippen molar-refractivity contribution in [1.82, 2.24) is 35.1 Å². The highest BCUT2D eigenvalue weighted by Gasteiger charge is 2.28. The maximum Gasteiger partial charge on any atom is 0.216 e. The minimum Gasteiger partial charge on any atom is -0.393 e. The average molecular weight is 603 g/mol. The van der Waals surface area contributed by atoms with E-state index in [1.54, 1.807) is 16.1 Å². The van der Waals surface area contributed by atoms with Crippen LogP contribution in [-0.4, -0.2) is 78.6 Å². The van der Waals surface area contributed by atoms with Gasteiger partial charge in [0, 0.05) is 49.4 Å². The third-order valence-corrected chi connectivity index (χ3v) is 9.55. The number of benzene rings is 1. The summed E-state index contributed by atoms with van der Waals surface area (Å²) in [5.41, 5.74) is 5.23. The fraction of sp³-hybridized carbons (Fsp3) is 0.531. The zero-order chi connectivity index (χ0) is 30.0. The predicted octanol–water partition coefficient (Wildman–Crippen LogP) is 4.87. The van der Waals surface area contributed by atoms with Crippen LogP contribution in [0.2, 0.25) is 0 Å². The van der Waals surface area contributed by atoms with Crippen LogP contribution in [0.3, 0.4) is 0 Å². The minimum atomic E-state index is -0.251. The van der Waals surface area contributed by atoms with Crippen LogP contribution in [0.1, 0.15) is 66.9 Å². The lowest BCUT2D eigenvalue weighted by atomic mass is 9.84. The summed E-state index contributed by atoms with van der Waals surface area (Å²) in [6, 6.07) is 10.9. The van der Waals surface area contributed by atoms with Crippen molar-refractivity contribution in [2.45, 2.75) is 83.9 Å². The number of hydrogen-bond acceptors (Lipinski definition) is 10. The predicted molar refractivity (Wildman–Crippen MR) is 169 cm³/mol. The number of hydrogen-bond donors (Lipinski definition) is 2. The van der Waals surface area contributed by atoms with Crippen molar-refractivity contribution in [3.8, 4) is 16.4 Å². The summed E-state index contributed by atoms with van der Waals surface area (Å²) in [7, 11) is 0. The highest BCUT2D eigenvalue weighted by atomic mass is 32.1. The van der Waals surface area contributed by atoms with Crippen LogP contribution in [0, 0.1) is 13.8 Å². The fourth-order valence-corrected chi connectivity index (χ4v) is 7.11. The molecule has 10 nitrogen and oxygen atoms in total. The number of tetrazole rings is 1. The van der Waals surface area contributed by atoms with E-state index in [9.17, 15) is 5.11 Å². The molecule has 11 heteroatoms. The van der Waals surface area contributed by atoms with Gasteiger partial charge in [-0.15, -0.1) is 26.3 Å². The number of aromatic nitrogens is 6. The zero-order valence-electron chi connectivity index (χ0n) is 25.6. The molecule has 0 bridgehead atoms. The Morgan fingerprint density at radius 2 is 1.81 bits per heavy atom. The molecule has 0 spiro atoms. The molecule has 1 aliphatic carbocycles. The zero-order valence-corrected chi connectivity index (χ0v) is 26.4. The number of nitrogens with one attached hydrogen (secondary N) is 1. The molecular weight excluding hydrogens is 560 g/mol. The van der Waals surface area contributed by atoms with Crippen LogP contribution < -0.4 is 5.32 Å². The Morgan fingerprint density at radius 1 is 1.07 bits per heavy atom. The number of morpholine rings is 1.